The van der Waals surface area contributed by atoms with E-state index in [9.17, 15) is 14.4 Å². The fourth-order valence-electron chi connectivity index (χ4n) is 3.09. The highest BCUT2D eigenvalue weighted by Crippen LogP contribution is 2.25. The molecule has 0 fully saturated rings. The Balaban J connectivity index is 2.25. The third kappa shape index (κ3) is 2.39. The first-order valence-corrected chi connectivity index (χ1v) is 7.79. The van der Waals surface area contributed by atoms with E-state index in [0.29, 0.717) is 5.82 Å². The number of aromatic nitrogens is 5. The lowest BCUT2D eigenvalue weighted by Gasteiger charge is -2.29. The van der Waals surface area contributed by atoms with Crippen molar-refractivity contribution >= 4 is 22.9 Å². The zero-order chi connectivity index (χ0) is 18.5. The van der Waals surface area contributed by atoms with Crippen LogP contribution in [0.15, 0.2) is 34.2 Å². The Labute approximate surface area is 143 Å². The molecule has 3 heterocycles. The Bertz CT molecular complexity index is 1080. The molecule has 0 saturated heterocycles. The number of rotatable bonds is 3. The van der Waals surface area contributed by atoms with Gasteiger partial charge in [0.15, 0.2) is 11.2 Å². The van der Waals surface area contributed by atoms with Crippen molar-refractivity contribution in [2.75, 3.05) is 4.90 Å². The minimum absolute atomic E-state index is 0.169. The maximum absolute atomic E-state index is 12.6. The van der Waals surface area contributed by atoms with Crippen molar-refractivity contribution in [1.82, 2.24) is 23.3 Å². The summed E-state index contributed by atoms with van der Waals surface area (Å²) in [4.78, 5) is 42.7. The quantitative estimate of drug-likeness (QED) is 0.686. The molecule has 9 heteroatoms. The highest BCUT2D eigenvalue weighted by atomic mass is 16.2. The van der Waals surface area contributed by atoms with Gasteiger partial charge in [-0.15, -0.1) is 0 Å². The average molecular weight is 344 g/mol. The molecule has 0 N–H and O–H groups in total. The van der Waals surface area contributed by atoms with Crippen LogP contribution in [0.25, 0.3) is 11.2 Å². The Morgan fingerprint density at radius 1 is 1.20 bits per heavy atom. The fraction of sp³-hybridized carbons (Fsp3) is 0.375. The van der Waals surface area contributed by atoms with Gasteiger partial charge in [-0.1, -0.05) is 0 Å². The third-order valence-corrected chi connectivity index (χ3v) is 4.45. The molecule has 0 saturated carbocycles. The third-order valence-electron chi connectivity index (χ3n) is 4.45. The van der Waals surface area contributed by atoms with Crippen molar-refractivity contribution in [3.8, 4) is 0 Å². The lowest BCUT2D eigenvalue weighted by atomic mass is 10.3. The van der Waals surface area contributed by atoms with Crippen LogP contribution in [0.3, 0.4) is 0 Å². The van der Waals surface area contributed by atoms with Crippen LogP contribution in [0, 0.1) is 0 Å². The van der Waals surface area contributed by atoms with Crippen LogP contribution >= 0.6 is 0 Å². The Hall–Kier alpha value is -3.10. The molecule has 3 aromatic rings. The number of carbonyl (C=O) groups is 1. The second-order valence-electron chi connectivity index (χ2n) is 6.03. The molecule has 3 aromatic heterocycles. The molecule has 0 aliphatic rings. The minimum atomic E-state index is -0.499. The Morgan fingerprint density at radius 3 is 2.44 bits per heavy atom. The van der Waals surface area contributed by atoms with Crippen molar-refractivity contribution < 1.29 is 4.79 Å². The van der Waals surface area contributed by atoms with Crippen LogP contribution in [0.1, 0.15) is 20.0 Å². The number of fused-ring (bicyclic) bond motifs is 1. The summed E-state index contributed by atoms with van der Waals surface area (Å²) < 4.78 is 5.80. The van der Waals surface area contributed by atoms with Gasteiger partial charge in [0.1, 0.15) is 12.0 Å². The first-order chi connectivity index (χ1) is 11.8. The molecular weight excluding hydrogens is 324 g/mol. The van der Waals surface area contributed by atoms with E-state index >= 15 is 0 Å². The molecule has 0 aromatic carbocycles. The number of amides is 1. The molecule has 1 amide bonds. The molecule has 0 radical (unpaired) electrons. The molecule has 25 heavy (non-hydrogen) atoms. The van der Waals surface area contributed by atoms with E-state index in [1.807, 2.05) is 29.9 Å². The van der Waals surface area contributed by atoms with Gasteiger partial charge in [0.05, 0.1) is 6.33 Å². The summed E-state index contributed by atoms with van der Waals surface area (Å²) in [5.74, 6) is 0.529. The first kappa shape index (κ1) is 16.7. The van der Waals surface area contributed by atoms with Crippen molar-refractivity contribution in [2.45, 2.75) is 20.0 Å². The maximum Gasteiger partial charge on any atom is 0.332 e. The number of nitrogens with zero attached hydrogens (tertiary/aromatic N) is 6. The van der Waals surface area contributed by atoms with Crippen LogP contribution in [0.4, 0.5) is 5.82 Å². The van der Waals surface area contributed by atoms with Crippen molar-refractivity contribution in [3.63, 3.8) is 0 Å². The maximum atomic E-state index is 12.6. The standard InChI is InChI=1S/C16H20N6O3/c1-10(22(11(2)23)12-7-6-8-18(12)3)21-9-17-14-13(21)15(24)20(5)16(25)19(14)4/h6-10H,1-5H3. The van der Waals surface area contributed by atoms with Crippen LogP contribution < -0.4 is 16.1 Å². The summed E-state index contributed by atoms with van der Waals surface area (Å²) in [6, 6.07) is 3.66. The SMILES string of the molecule is CC(=O)N(c1cccn1C)C(C)n1cnc2c1c(=O)n(C)c(=O)n2C. The number of anilines is 1. The number of hydrogen-bond acceptors (Lipinski definition) is 4. The molecule has 0 spiro atoms. The Morgan fingerprint density at radius 2 is 1.88 bits per heavy atom. The van der Waals surface area contributed by atoms with Crippen LogP contribution in [0.5, 0.6) is 0 Å². The minimum Gasteiger partial charge on any atom is -0.337 e. The number of hydrogen-bond donors (Lipinski definition) is 0. The van der Waals surface area contributed by atoms with E-state index in [0.717, 1.165) is 4.57 Å². The van der Waals surface area contributed by atoms with Gasteiger partial charge < -0.3 is 9.13 Å². The number of carbonyl (C=O) groups excluding carboxylic acids is 1. The van der Waals surface area contributed by atoms with Gasteiger partial charge in [-0.2, -0.15) is 0 Å². The second kappa shape index (κ2) is 5.76. The first-order valence-electron chi connectivity index (χ1n) is 7.79. The van der Waals surface area contributed by atoms with Crippen molar-refractivity contribution in [1.29, 1.82) is 0 Å². The predicted molar refractivity (Wildman–Crippen MR) is 93.5 cm³/mol. The lowest BCUT2D eigenvalue weighted by molar-refractivity contribution is -0.117. The van der Waals surface area contributed by atoms with E-state index in [1.54, 1.807) is 23.4 Å². The van der Waals surface area contributed by atoms with Gasteiger partial charge in [-0.3, -0.25) is 23.6 Å². The molecule has 9 nitrogen and oxygen atoms in total. The van der Waals surface area contributed by atoms with Crippen LogP contribution in [-0.2, 0) is 25.9 Å². The molecule has 3 rings (SSSR count). The largest absolute Gasteiger partial charge is 0.337 e. The molecule has 0 bridgehead atoms. The van der Waals surface area contributed by atoms with Gasteiger partial charge in [-0.25, -0.2) is 9.78 Å². The van der Waals surface area contributed by atoms with Gasteiger partial charge >= 0.3 is 5.69 Å². The number of aryl methyl sites for hydroxylation is 2. The molecule has 1 atom stereocenters. The van der Waals surface area contributed by atoms with Crippen LogP contribution in [0.2, 0.25) is 0 Å². The average Bonchev–Trinajstić information content (AvgIpc) is 3.18. The second-order valence-corrected chi connectivity index (χ2v) is 6.03. The molecule has 1 unspecified atom stereocenters. The molecule has 0 aliphatic carbocycles. The van der Waals surface area contributed by atoms with Gasteiger partial charge in [-0.05, 0) is 19.1 Å². The number of imidazole rings is 1. The summed E-state index contributed by atoms with van der Waals surface area (Å²) in [5, 5.41) is 0. The smallest absolute Gasteiger partial charge is 0.332 e. The van der Waals surface area contributed by atoms with Crippen molar-refractivity contribution in [3.05, 3.63) is 45.5 Å². The normalized spacial score (nSPS) is 12.5. The lowest BCUT2D eigenvalue weighted by Crippen LogP contribution is -2.40. The topological polar surface area (TPSA) is 87.1 Å². The van der Waals surface area contributed by atoms with Gasteiger partial charge in [0, 0.05) is 34.3 Å². The summed E-state index contributed by atoms with van der Waals surface area (Å²) in [7, 11) is 4.82. The molecule has 132 valence electrons. The zero-order valence-electron chi connectivity index (χ0n) is 14.8. The fourth-order valence-corrected chi connectivity index (χ4v) is 3.09. The highest BCUT2D eigenvalue weighted by Gasteiger charge is 2.25. The Kier molecular flexibility index (Phi) is 3.86. The molecular formula is C16H20N6O3. The predicted octanol–water partition coefficient (Wildman–Crippen LogP) is 0.344. The van der Waals surface area contributed by atoms with Crippen molar-refractivity contribution in [2.24, 2.45) is 21.1 Å². The van der Waals surface area contributed by atoms with E-state index in [1.165, 1.54) is 24.9 Å². The van der Waals surface area contributed by atoms with E-state index in [-0.39, 0.29) is 17.1 Å². The van der Waals surface area contributed by atoms with E-state index in [2.05, 4.69) is 4.98 Å². The monoisotopic (exact) mass is 344 g/mol. The molecule has 0 aliphatic heterocycles. The summed E-state index contributed by atoms with van der Waals surface area (Å²) in [6.45, 7) is 3.27. The zero-order valence-corrected chi connectivity index (χ0v) is 14.8. The van der Waals surface area contributed by atoms with E-state index < -0.39 is 17.4 Å². The summed E-state index contributed by atoms with van der Waals surface area (Å²) in [6.07, 6.45) is 2.82. The van der Waals surface area contributed by atoms with E-state index in [4.69, 9.17) is 0 Å². The summed E-state index contributed by atoms with van der Waals surface area (Å²) >= 11 is 0. The van der Waals surface area contributed by atoms with Gasteiger partial charge in [0.25, 0.3) is 5.56 Å². The van der Waals surface area contributed by atoms with Gasteiger partial charge in [0.2, 0.25) is 5.91 Å². The summed E-state index contributed by atoms with van der Waals surface area (Å²) in [5.41, 5.74) is -0.327. The van der Waals surface area contributed by atoms with Crippen LogP contribution in [-0.4, -0.2) is 29.2 Å². The highest BCUT2D eigenvalue weighted by molar-refractivity contribution is 5.91.